The molecule has 0 unspecified atom stereocenters. The second-order valence-corrected chi connectivity index (χ2v) is 5.65. The van der Waals surface area contributed by atoms with Gasteiger partial charge in [0, 0.05) is 10.5 Å². The first-order valence-electron chi connectivity index (χ1n) is 6.49. The van der Waals surface area contributed by atoms with Crippen molar-refractivity contribution in [2.24, 2.45) is 0 Å². The maximum atomic E-state index is 12.1. The number of carbonyl (C=O) groups is 1. The number of rotatable bonds is 5. The molecule has 0 aliphatic carbocycles. The summed E-state index contributed by atoms with van der Waals surface area (Å²) in [6.07, 6.45) is 2.60. The number of nitrogens with one attached hydrogen (secondary N) is 1. The standard InChI is InChI=1S/C15H18N2O2S/c1-3-8-20-11-4-5-12(16)13(9-11)17-15(18)14-10(2)6-7-19-14/h4-7,9H,3,8,16H2,1-2H3,(H,17,18). The molecule has 1 aromatic heterocycles. The van der Waals surface area contributed by atoms with E-state index in [4.69, 9.17) is 10.2 Å². The second-order valence-electron chi connectivity index (χ2n) is 4.48. The molecule has 0 aliphatic heterocycles. The van der Waals surface area contributed by atoms with Crippen LogP contribution in [0.4, 0.5) is 11.4 Å². The van der Waals surface area contributed by atoms with Crippen LogP contribution in [-0.2, 0) is 0 Å². The fourth-order valence-electron chi connectivity index (χ4n) is 1.74. The van der Waals surface area contributed by atoms with Crippen LogP contribution in [0.2, 0.25) is 0 Å². The van der Waals surface area contributed by atoms with Crippen LogP contribution in [0.3, 0.4) is 0 Å². The summed E-state index contributed by atoms with van der Waals surface area (Å²) in [6.45, 7) is 3.96. The van der Waals surface area contributed by atoms with Crippen LogP contribution in [0.5, 0.6) is 0 Å². The highest BCUT2D eigenvalue weighted by Crippen LogP contribution is 2.27. The molecular formula is C15H18N2O2S. The average Bonchev–Trinajstić information content (AvgIpc) is 2.86. The number of amides is 1. The minimum Gasteiger partial charge on any atom is -0.459 e. The van der Waals surface area contributed by atoms with E-state index in [-0.39, 0.29) is 5.91 Å². The number of anilines is 2. The van der Waals surface area contributed by atoms with Gasteiger partial charge in [0.15, 0.2) is 5.76 Å². The summed E-state index contributed by atoms with van der Waals surface area (Å²) in [7, 11) is 0. The number of thioether (sulfide) groups is 1. The van der Waals surface area contributed by atoms with Crippen molar-refractivity contribution in [2.45, 2.75) is 25.2 Å². The third-order valence-electron chi connectivity index (χ3n) is 2.81. The summed E-state index contributed by atoms with van der Waals surface area (Å²) in [5.41, 5.74) is 7.87. The van der Waals surface area contributed by atoms with Gasteiger partial charge in [0.05, 0.1) is 17.6 Å². The summed E-state index contributed by atoms with van der Waals surface area (Å²) in [4.78, 5) is 13.2. The largest absolute Gasteiger partial charge is 0.459 e. The predicted molar refractivity (Wildman–Crippen MR) is 83.3 cm³/mol. The lowest BCUT2D eigenvalue weighted by molar-refractivity contribution is 0.0996. The molecule has 106 valence electrons. The van der Waals surface area contributed by atoms with Gasteiger partial charge in [-0.2, -0.15) is 0 Å². The molecule has 1 amide bonds. The van der Waals surface area contributed by atoms with Crippen LogP contribution < -0.4 is 11.1 Å². The highest BCUT2D eigenvalue weighted by molar-refractivity contribution is 7.99. The fourth-order valence-corrected chi connectivity index (χ4v) is 2.54. The molecule has 0 bridgehead atoms. The molecule has 1 heterocycles. The number of hydrogen-bond acceptors (Lipinski definition) is 4. The summed E-state index contributed by atoms with van der Waals surface area (Å²) in [5, 5.41) is 2.80. The Labute approximate surface area is 122 Å². The Hall–Kier alpha value is -1.88. The number of carbonyl (C=O) groups excluding carboxylic acids is 1. The summed E-state index contributed by atoms with van der Waals surface area (Å²) in [6, 6.07) is 7.42. The maximum Gasteiger partial charge on any atom is 0.291 e. The SMILES string of the molecule is CCCSc1ccc(N)c(NC(=O)c2occc2C)c1. The van der Waals surface area contributed by atoms with Gasteiger partial charge in [-0.25, -0.2) is 0 Å². The zero-order valence-electron chi connectivity index (χ0n) is 11.6. The molecule has 3 N–H and O–H groups in total. The summed E-state index contributed by atoms with van der Waals surface area (Å²) in [5.74, 6) is 1.07. The van der Waals surface area contributed by atoms with Gasteiger partial charge in [0.2, 0.25) is 0 Å². The fraction of sp³-hybridized carbons (Fsp3) is 0.267. The number of nitrogen functional groups attached to an aromatic ring is 1. The second kappa shape index (κ2) is 6.52. The Balaban J connectivity index is 2.16. The van der Waals surface area contributed by atoms with E-state index in [1.54, 1.807) is 17.8 Å². The normalized spacial score (nSPS) is 10.5. The molecule has 0 radical (unpaired) electrons. The molecule has 0 saturated carbocycles. The first-order chi connectivity index (χ1) is 9.61. The van der Waals surface area contributed by atoms with E-state index >= 15 is 0 Å². The first kappa shape index (κ1) is 14.5. The Kier molecular flexibility index (Phi) is 4.74. The quantitative estimate of drug-likeness (QED) is 0.647. The molecule has 0 aliphatic rings. The van der Waals surface area contributed by atoms with Crippen LogP contribution in [-0.4, -0.2) is 11.7 Å². The lowest BCUT2D eigenvalue weighted by atomic mass is 10.2. The Morgan fingerprint density at radius 3 is 2.85 bits per heavy atom. The van der Waals surface area contributed by atoms with Crippen molar-refractivity contribution >= 4 is 29.0 Å². The molecule has 1 aromatic carbocycles. The zero-order chi connectivity index (χ0) is 14.5. The summed E-state index contributed by atoms with van der Waals surface area (Å²) >= 11 is 1.74. The minimum atomic E-state index is -0.281. The Morgan fingerprint density at radius 2 is 2.20 bits per heavy atom. The van der Waals surface area contributed by atoms with E-state index in [0.29, 0.717) is 17.1 Å². The Bertz CT molecular complexity index is 608. The molecule has 0 fully saturated rings. The number of benzene rings is 1. The Morgan fingerprint density at radius 1 is 1.40 bits per heavy atom. The van der Waals surface area contributed by atoms with Gasteiger partial charge in [-0.3, -0.25) is 4.79 Å². The van der Waals surface area contributed by atoms with E-state index in [9.17, 15) is 4.79 Å². The molecule has 4 nitrogen and oxygen atoms in total. The van der Waals surface area contributed by atoms with Gasteiger partial charge in [-0.05, 0) is 43.4 Å². The van der Waals surface area contributed by atoms with Crippen molar-refractivity contribution in [3.8, 4) is 0 Å². The van der Waals surface area contributed by atoms with E-state index in [1.165, 1.54) is 6.26 Å². The average molecular weight is 290 g/mol. The molecule has 5 heteroatoms. The van der Waals surface area contributed by atoms with Crippen molar-refractivity contribution in [1.82, 2.24) is 0 Å². The lowest BCUT2D eigenvalue weighted by Gasteiger charge is -2.09. The maximum absolute atomic E-state index is 12.1. The van der Waals surface area contributed by atoms with E-state index in [1.807, 2.05) is 25.1 Å². The lowest BCUT2D eigenvalue weighted by Crippen LogP contribution is -2.13. The highest BCUT2D eigenvalue weighted by Gasteiger charge is 2.14. The number of hydrogen-bond donors (Lipinski definition) is 2. The van der Waals surface area contributed by atoms with Crippen molar-refractivity contribution in [3.63, 3.8) is 0 Å². The van der Waals surface area contributed by atoms with Crippen molar-refractivity contribution in [2.75, 3.05) is 16.8 Å². The molecule has 0 spiro atoms. The van der Waals surface area contributed by atoms with Gasteiger partial charge < -0.3 is 15.5 Å². The van der Waals surface area contributed by atoms with Crippen LogP contribution in [0.15, 0.2) is 39.8 Å². The number of furan rings is 1. The molecule has 2 aromatic rings. The topological polar surface area (TPSA) is 68.3 Å². The van der Waals surface area contributed by atoms with E-state index in [2.05, 4.69) is 12.2 Å². The highest BCUT2D eigenvalue weighted by atomic mass is 32.2. The number of nitrogens with two attached hydrogens (primary N) is 1. The molecule has 20 heavy (non-hydrogen) atoms. The smallest absolute Gasteiger partial charge is 0.291 e. The summed E-state index contributed by atoms with van der Waals surface area (Å²) < 4.78 is 5.18. The first-order valence-corrected chi connectivity index (χ1v) is 7.48. The molecule has 0 saturated heterocycles. The van der Waals surface area contributed by atoms with Gasteiger partial charge in [0.1, 0.15) is 0 Å². The number of aryl methyl sites for hydroxylation is 1. The zero-order valence-corrected chi connectivity index (χ0v) is 12.4. The minimum absolute atomic E-state index is 0.281. The molecule has 2 rings (SSSR count). The predicted octanol–water partition coefficient (Wildman–Crippen LogP) is 3.92. The van der Waals surface area contributed by atoms with Crippen LogP contribution in [0.1, 0.15) is 29.5 Å². The van der Waals surface area contributed by atoms with Crippen LogP contribution in [0, 0.1) is 6.92 Å². The van der Waals surface area contributed by atoms with Crippen LogP contribution in [0.25, 0.3) is 0 Å². The van der Waals surface area contributed by atoms with Gasteiger partial charge in [0.25, 0.3) is 5.91 Å². The third kappa shape index (κ3) is 3.36. The van der Waals surface area contributed by atoms with Gasteiger partial charge in [-0.15, -0.1) is 11.8 Å². The molecular weight excluding hydrogens is 272 g/mol. The van der Waals surface area contributed by atoms with Crippen molar-refractivity contribution in [1.29, 1.82) is 0 Å². The van der Waals surface area contributed by atoms with Crippen molar-refractivity contribution in [3.05, 3.63) is 41.9 Å². The van der Waals surface area contributed by atoms with E-state index in [0.717, 1.165) is 22.6 Å². The van der Waals surface area contributed by atoms with Gasteiger partial charge in [-0.1, -0.05) is 6.92 Å². The van der Waals surface area contributed by atoms with Gasteiger partial charge >= 0.3 is 0 Å². The monoisotopic (exact) mass is 290 g/mol. The van der Waals surface area contributed by atoms with E-state index < -0.39 is 0 Å². The van der Waals surface area contributed by atoms with Crippen molar-refractivity contribution < 1.29 is 9.21 Å². The van der Waals surface area contributed by atoms with Crippen LogP contribution >= 0.6 is 11.8 Å². The third-order valence-corrected chi connectivity index (χ3v) is 4.01. The molecule has 0 atom stereocenters.